The Labute approximate surface area is 275 Å². The van der Waals surface area contributed by atoms with Gasteiger partial charge in [-0.05, 0) is 86.1 Å². The van der Waals surface area contributed by atoms with E-state index in [2.05, 4.69) is 56.3 Å². The fraction of sp³-hybridized carbons (Fsp3) is 0.514. The average Bonchev–Trinajstić information content (AvgIpc) is 3.37. The van der Waals surface area contributed by atoms with Crippen LogP contribution in [0.5, 0.6) is 0 Å². The summed E-state index contributed by atoms with van der Waals surface area (Å²) in [4.78, 5) is 56.2. The van der Waals surface area contributed by atoms with E-state index in [-0.39, 0.29) is 30.3 Å². The van der Waals surface area contributed by atoms with Crippen molar-refractivity contribution in [3.63, 3.8) is 0 Å². The van der Waals surface area contributed by atoms with Crippen LogP contribution in [0.2, 0.25) is 0 Å². The van der Waals surface area contributed by atoms with Crippen LogP contribution in [0, 0.1) is 5.92 Å². The maximum Gasteiger partial charge on any atom is 0.346 e. The van der Waals surface area contributed by atoms with E-state index in [0.717, 1.165) is 94.7 Å². The number of piperazine rings is 1. The second-order valence-electron chi connectivity index (χ2n) is 13.2. The third-order valence-electron chi connectivity index (χ3n) is 10.0. The number of rotatable bonds is 10. The molecule has 6 rings (SSSR count). The molecular weight excluding hydrogens is 596 g/mol. The number of imide groups is 1. The maximum atomic E-state index is 12.9. The van der Waals surface area contributed by atoms with Gasteiger partial charge in [-0.3, -0.25) is 29.2 Å². The molecule has 0 saturated carbocycles. The Morgan fingerprint density at radius 1 is 0.915 bits per heavy atom. The van der Waals surface area contributed by atoms with Gasteiger partial charge < -0.3 is 15.5 Å². The minimum absolute atomic E-state index is 0.186. The largest absolute Gasteiger partial charge is 0.372 e. The molecule has 0 aliphatic carbocycles. The summed E-state index contributed by atoms with van der Waals surface area (Å²) in [5, 5.41) is 6.79. The van der Waals surface area contributed by atoms with Crippen molar-refractivity contribution < 1.29 is 14.4 Å². The number of piperidine rings is 2. The highest BCUT2D eigenvalue weighted by atomic mass is 16.2. The highest BCUT2D eigenvalue weighted by Crippen LogP contribution is 2.28. The zero-order valence-electron chi connectivity index (χ0n) is 27.5. The molecule has 0 radical (unpaired) electrons. The van der Waals surface area contributed by atoms with Crippen LogP contribution < -0.4 is 26.5 Å². The van der Waals surface area contributed by atoms with Crippen molar-refractivity contribution in [1.82, 2.24) is 24.6 Å². The number of aryl methyl sites for hydroxylation is 1. The molecule has 4 heterocycles. The Hall–Kier alpha value is -4.45. The molecule has 250 valence electrons. The van der Waals surface area contributed by atoms with Crippen molar-refractivity contribution in [1.29, 1.82) is 0 Å². The number of nitrogens with two attached hydrogens (primary N) is 1. The van der Waals surface area contributed by atoms with Gasteiger partial charge in [-0.25, -0.2) is 9.48 Å². The van der Waals surface area contributed by atoms with Crippen LogP contribution in [0.25, 0.3) is 11.4 Å². The van der Waals surface area contributed by atoms with Gasteiger partial charge in [0.2, 0.25) is 11.8 Å². The van der Waals surface area contributed by atoms with Crippen LogP contribution in [0.15, 0.2) is 47.3 Å². The number of carbonyl (C=O) groups excluding carboxylic acids is 3. The van der Waals surface area contributed by atoms with Gasteiger partial charge in [-0.15, -0.1) is 5.10 Å². The lowest BCUT2D eigenvalue weighted by Crippen LogP contribution is -2.49. The number of primary amides is 1. The monoisotopic (exact) mass is 642 g/mol. The van der Waals surface area contributed by atoms with Gasteiger partial charge in [0.05, 0.1) is 0 Å². The summed E-state index contributed by atoms with van der Waals surface area (Å²) in [6.45, 7) is 9.27. The van der Waals surface area contributed by atoms with Crippen LogP contribution in [0.4, 0.5) is 11.4 Å². The van der Waals surface area contributed by atoms with Crippen molar-refractivity contribution >= 4 is 29.1 Å². The standard InChI is InChI=1S/C35H46N8O4/c1-3-4-5-26-22-28(10-11-29(26)32(36)45)41-16-14-24(15-17-41)23-40-18-20-42(21-19-40)27-8-6-25(7-9-27)33-38-43(35(47)39(33)2)30-12-13-31(44)37-34(30)46/h6-11,22,24,30H,3-5,12-21,23H2,1-2H3,(H2,36,45)(H,37,44,46). The molecule has 0 spiro atoms. The minimum Gasteiger partial charge on any atom is -0.372 e. The first-order valence-corrected chi connectivity index (χ1v) is 17.0. The molecule has 12 heteroatoms. The number of anilines is 2. The number of hydrogen-bond acceptors (Lipinski definition) is 8. The number of benzene rings is 2. The molecule has 12 nitrogen and oxygen atoms in total. The zero-order valence-corrected chi connectivity index (χ0v) is 27.5. The van der Waals surface area contributed by atoms with E-state index in [1.807, 2.05) is 18.2 Å². The van der Waals surface area contributed by atoms with Crippen LogP contribution in [0.1, 0.15) is 67.4 Å². The topological polar surface area (TPSA) is 139 Å². The number of amides is 3. The predicted molar refractivity (Wildman–Crippen MR) is 181 cm³/mol. The first-order valence-electron chi connectivity index (χ1n) is 17.0. The van der Waals surface area contributed by atoms with Crippen molar-refractivity contribution in [3.8, 4) is 11.4 Å². The molecular formula is C35H46N8O4. The van der Waals surface area contributed by atoms with E-state index >= 15 is 0 Å². The number of hydrogen-bond donors (Lipinski definition) is 2. The van der Waals surface area contributed by atoms with Crippen molar-refractivity contribution in [3.05, 3.63) is 64.1 Å². The molecule has 3 aliphatic rings. The van der Waals surface area contributed by atoms with E-state index in [1.165, 1.54) is 14.9 Å². The Kier molecular flexibility index (Phi) is 9.76. The smallest absolute Gasteiger partial charge is 0.346 e. The first-order chi connectivity index (χ1) is 22.7. The number of carbonyl (C=O) groups is 3. The molecule has 1 aromatic heterocycles. The molecule has 3 fully saturated rings. The van der Waals surface area contributed by atoms with Crippen molar-refractivity contribution in [2.75, 3.05) is 55.6 Å². The molecule has 3 aromatic rings. The Bertz CT molecular complexity index is 1660. The molecule has 3 N–H and O–H groups in total. The van der Waals surface area contributed by atoms with Gasteiger partial charge in [0, 0.05) is 81.8 Å². The first kappa shape index (κ1) is 32.5. The minimum atomic E-state index is -0.784. The zero-order chi connectivity index (χ0) is 33.1. The summed E-state index contributed by atoms with van der Waals surface area (Å²) in [6, 6.07) is 13.4. The fourth-order valence-corrected chi connectivity index (χ4v) is 7.17. The van der Waals surface area contributed by atoms with E-state index in [0.29, 0.717) is 17.3 Å². The second kappa shape index (κ2) is 14.1. The van der Waals surface area contributed by atoms with Crippen LogP contribution in [-0.2, 0) is 23.1 Å². The Morgan fingerprint density at radius 3 is 2.26 bits per heavy atom. The van der Waals surface area contributed by atoms with Crippen LogP contribution in [0.3, 0.4) is 0 Å². The molecule has 3 aliphatic heterocycles. The normalized spacial score (nSPS) is 19.7. The molecule has 3 amide bonds. The average molecular weight is 643 g/mol. The maximum absolute atomic E-state index is 12.9. The lowest BCUT2D eigenvalue weighted by molar-refractivity contribution is -0.136. The van der Waals surface area contributed by atoms with E-state index < -0.39 is 11.9 Å². The summed E-state index contributed by atoms with van der Waals surface area (Å²) in [7, 11) is 1.65. The summed E-state index contributed by atoms with van der Waals surface area (Å²) >= 11 is 0. The van der Waals surface area contributed by atoms with Gasteiger partial charge in [0.15, 0.2) is 5.82 Å². The van der Waals surface area contributed by atoms with E-state index in [1.54, 1.807) is 7.05 Å². The number of nitrogens with one attached hydrogen (secondary N) is 1. The molecule has 2 aromatic carbocycles. The van der Waals surface area contributed by atoms with Gasteiger partial charge in [-0.1, -0.05) is 13.3 Å². The summed E-state index contributed by atoms with van der Waals surface area (Å²) in [5.74, 6) is 0.00578. The summed E-state index contributed by atoms with van der Waals surface area (Å²) in [6.07, 6.45) is 5.78. The predicted octanol–water partition coefficient (Wildman–Crippen LogP) is 2.71. The summed E-state index contributed by atoms with van der Waals surface area (Å²) < 4.78 is 2.65. The molecule has 1 atom stereocenters. The highest BCUT2D eigenvalue weighted by Gasteiger charge is 2.31. The third kappa shape index (κ3) is 7.12. The van der Waals surface area contributed by atoms with E-state index in [9.17, 15) is 19.2 Å². The number of aromatic nitrogens is 3. The van der Waals surface area contributed by atoms with Gasteiger partial charge in [-0.2, -0.15) is 0 Å². The number of unbranched alkanes of at least 4 members (excludes halogenated alkanes) is 1. The van der Waals surface area contributed by atoms with Crippen LogP contribution >= 0.6 is 0 Å². The van der Waals surface area contributed by atoms with Crippen molar-refractivity contribution in [2.24, 2.45) is 18.7 Å². The Morgan fingerprint density at radius 2 is 1.60 bits per heavy atom. The van der Waals surface area contributed by atoms with E-state index in [4.69, 9.17) is 5.73 Å². The number of nitrogens with zero attached hydrogens (tertiary/aromatic N) is 6. The molecule has 0 bridgehead atoms. The lowest BCUT2D eigenvalue weighted by Gasteiger charge is -2.40. The van der Waals surface area contributed by atoms with Crippen molar-refractivity contribution in [2.45, 2.75) is 57.9 Å². The van der Waals surface area contributed by atoms with Gasteiger partial charge in [0.25, 0.3) is 5.91 Å². The fourth-order valence-electron chi connectivity index (χ4n) is 7.17. The summed E-state index contributed by atoms with van der Waals surface area (Å²) in [5.41, 5.74) is 10.1. The third-order valence-corrected chi connectivity index (χ3v) is 10.0. The second-order valence-corrected chi connectivity index (χ2v) is 13.2. The lowest BCUT2D eigenvalue weighted by atomic mass is 9.94. The van der Waals surface area contributed by atoms with Gasteiger partial charge >= 0.3 is 5.69 Å². The highest BCUT2D eigenvalue weighted by molar-refractivity contribution is 5.99. The van der Waals surface area contributed by atoms with Gasteiger partial charge in [0.1, 0.15) is 6.04 Å². The quantitative estimate of drug-likeness (QED) is 0.322. The molecule has 1 unspecified atom stereocenters. The SMILES string of the molecule is CCCCc1cc(N2CCC(CN3CCN(c4ccc(-c5nn(C6CCC(=O)NC6=O)c(=O)n5C)cc4)CC3)CC2)ccc1C(N)=O. The molecule has 47 heavy (non-hydrogen) atoms. The Balaban J connectivity index is 0.997. The van der Waals surface area contributed by atoms with Crippen LogP contribution in [-0.4, -0.2) is 82.8 Å². The molecule has 3 saturated heterocycles.